The summed E-state index contributed by atoms with van der Waals surface area (Å²) < 4.78 is 2.00. The van der Waals surface area contributed by atoms with Gasteiger partial charge in [0.1, 0.15) is 5.82 Å². The number of aromatic nitrogens is 3. The zero-order valence-electron chi connectivity index (χ0n) is 15.5. The van der Waals surface area contributed by atoms with Crippen LogP contribution in [0, 0.1) is 5.92 Å². The molecule has 2 aromatic rings. The molecule has 0 bridgehead atoms. The summed E-state index contributed by atoms with van der Waals surface area (Å²) in [4.78, 5) is 16.7. The summed E-state index contributed by atoms with van der Waals surface area (Å²) in [5.74, 6) is 0.857. The van der Waals surface area contributed by atoms with Gasteiger partial charge in [-0.2, -0.15) is 5.10 Å². The van der Waals surface area contributed by atoms with Crippen LogP contribution in [0.25, 0.3) is 11.1 Å². The lowest BCUT2D eigenvalue weighted by Gasteiger charge is -2.23. The number of nitrogens with one attached hydrogen (secondary N) is 1. The second kappa shape index (κ2) is 7.38. The van der Waals surface area contributed by atoms with E-state index in [1.165, 1.54) is 6.42 Å². The Kier molecular flexibility index (Phi) is 5.21. The second-order valence-electron chi connectivity index (χ2n) is 7.59. The van der Waals surface area contributed by atoms with Crippen molar-refractivity contribution in [3.63, 3.8) is 0 Å². The van der Waals surface area contributed by atoms with E-state index in [0.29, 0.717) is 5.82 Å². The Balaban J connectivity index is 1.74. The quantitative estimate of drug-likeness (QED) is 0.864. The predicted molar refractivity (Wildman–Crippen MR) is 100 cm³/mol. The van der Waals surface area contributed by atoms with E-state index in [0.717, 1.165) is 43.2 Å². The Morgan fingerprint density at radius 2 is 2.04 bits per heavy atom. The van der Waals surface area contributed by atoms with Gasteiger partial charge in [0.2, 0.25) is 5.91 Å². The summed E-state index contributed by atoms with van der Waals surface area (Å²) >= 11 is 0. The molecule has 5 nitrogen and oxygen atoms in total. The highest BCUT2D eigenvalue weighted by Crippen LogP contribution is 2.27. The molecule has 1 N–H and O–H groups in total. The van der Waals surface area contributed by atoms with Crippen molar-refractivity contribution in [3.05, 3.63) is 30.7 Å². The van der Waals surface area contributed by atoms with Gasteiger partial charge in [0, 0.05) is 23.9 Å². The molecule has 0 radical (unpaired) electrons. The zero-order valence-corrected chi connectivity index (χ0v) is 15.5. The zero-order chi connectivity index (χ0) is 17.9. The van der Waals surface area contributed by atoms with Gasteiger partial charge in [-0.1, -0.05) is 26.2 Å². The maximum absolute atomic E-state index is 12.4. The van der Waals surface area contributed by atoms with Gasteiger partial charge in [-0.05, 0) is 50.8 Å². The summed E-state index contributed by atoms with van der Waals surface area (Å²) in [5, 5.41) is 7.50. The van der Waals surface area contributed by atoms with E-state index in [-0.39, 0.29) is 17.4 Å². The van der Waals surface area contributed by atoms with Crippen molar-refractivity contribution in [3.8, 4) is 11.1 Å². The third kappa shape index (κ3) is 4.09. The highest BCUT2D eigenvalue weighted by Gasteiger charge is 2.22. The summed E-state index contributed by atoms with van der Waals surface area (Å²) in [6.45, 7) is 6.50. The molecule has 0 saturated heterocycles. The van der Waals surface area contributed by atoms with Crippen LogP contribution >= 0.6 is 0 Å². The number of carbonyl (C=O) groups is 1. The molecule has 0 spiro atoms. The maximum Gasteiger partial charge on any atom is 0.228 e. The van der Waals surface area contributed by atoms with Gasteiger partial charge in [0.15, 0.2) is 0 Å². The summed E-state index contributed by atoms with van der Waals surface area (Å²) in [5.41, 5.74) is 2.05. The van der Waals surface area contributed by atoms with Gasteiger partial charge in [-0.15, -0.1) is 0 Å². The van der Waals surface area contributed by atoms with E-state index >= 15 is 0 Å². The number of hydrogen-bond donors (Lipinski definition) is 1. The smallest absolute Gasteiger partial charge is 0.228 e. The number of amides is 1. The fourth-order valence-electron chi connectivity index (χ4n) is 3.24. The van der Waals surface area contributed by atoms with Crippen LogP contribution in [0.2, 0.25) is 0 Å². The van der Waals surface area contributed by atoms with Crippen LogP contribution in [-0.2, 0) is 10.3 Å². The summed E-state index contributed by atoms with van der Waals surface area (Å²) in [6, 6.07) is 3.89. The number of anilines is 1. The first-order valence-corrected chi connectivity index (χ1v) is 9.32. The van der Waals surface area contributed by atoms with E-state index in [1.54, 1.807) is 6.20 Å². The minimum absolute atomic E-state index is 0.0106. The Morgan fingerprint density at radius 3 is 2.76 bits per heavy atom. The molecule has 1 fully saturated rings. The molecule has 25 heavy (non-hydrogen) atoms. The van der Waals surface area contributed by atoms with Crippen molar-refractivity contribution in [2.75, 3.05) is 5.32 Å². The predicted octanol–water partition coefficient (Wildman–Crippen LogP) is 4.61. The highest BCUT2D eigenvalue weighted by molar-refractivity contribution is 5.92. The van der Waals surface area contributed by atoms with Crippen LogP contribution in [0.3, 0.4) is 0 Å². The molecule has 2 heterocycles. The summed E-state index contributed by atoms with van der Waals surface area (Å²) in [7, 11) is 0. The third-order valence-corrected chi connectivity index (χ3v) is 5.39. The topological polar surface area (TPSA) is 59.8 Å². The minimum Gasteiger partial charge on any atom is -0.310 e. The van der Waals surface area contributed by atoms with Gasteiger partial charge in [-0.25, -0.2) is 4.98 Å². The summed E-state index contributed by atoms with van der Waals surface area (Å²) in [6.07, 6.45) is 12.2. The van der Waals surface area contributed by atoms with Gasteiger partial charge in [0.25, 0.3) is 0 Å². The van der Waals surface area contributed by atoms with Crippen LogP contribution in [0.4, 0.5) is 5.82 Å². The molecule has 0 atom stereocenters. The first kappa shape index (κ1) is 17.6. The highest BCUT2D eigenvalue weighted by atomic mass is 16.1. The molecule has 1 amide bonds. The van der Waals surface area contributed by atoms with E-state index in [1.807, 2.05) is 23.0 Å². The molecular weight excluding hydrogens is 312 g/mol. The lowest BCUT2D eigenvalue weighted by Crippen LogP contribution is -2.25. The average Bonchev–Trinajstić information content (AvgIpc) is 3.14. The molecule has 0 aromatic carbocycles. The first-order valence-electron chi connectivity index (χ1n) is 9.32. The Labute approximate surface area is 149 Å². The lowest BCUT2D eigenvalue weighted by molar-refractivity contribution is -0.120. The minimum atomic E-state index is -0.0106. The molecule has 1 saturated carbocycles. The first-order chi connectivity index (χ1) is 12.0. The third-order valence-electron chi connectivity index (χ3n) is 5.39. The van der Waals surface area contributed by atoms with Crippen LogP contribution < -0.4 is 5.32 Å². The molecule has 1 aliphatic carbocycles. The Bertz CT molecular complexity index is 729. The lowest BCUT2D eigenvalue weighted by atomic mass is 9.89. The molecule has 3 rings (SSSR count). The Hall–Kier alpha value is -2.17. The van der Waals surface area contributed by atoms with E-state index in [2.05, 4.69) is 42.4 Å². The van der Waals surface area contributed by atoms with Gasteiger partial charge in [-0.3, -0.25) is 9.48 Å². The van der Waals surface area contributed by atoms with E-state index in [4.69, 9.17) is 0 Å². The average molecular weight is 340 g/mol. The number of hydrogen-bond acceptors (Lipinski definition) is 3. The number of nitrogens with zero attached hydrogens (tertiary/aromatic N) is 3. The largest absolute Gasteiger partial charge is 0.310 e. The molecule has 0 aliphatic heterocycles. The monoisotopic (exact) mass is 340 g/mol. The van der Waals surface area contributed by atoms with Crippen LogP contribution in [-0.4, -0.2) is 20.7 Å². The van der Waals surface area contributed by atoms with Crippen molar-refractivity contribution in [2.24, 2.45) is 5.92 Å². The Morgan fingerprint density at radius 1 is 1.28 bits per heavy atom. The second-order valence-corrected chi connectivity index (χ2v) is 7.59. The van der Waals surface area contributed by atoms with Crippen molar-refractivity contribution < 1.29 is 4.79 Å². The van der Waals surface area contributed by atoms with Gasteiger partial charge >= 0.3 is 0 Å². The molecule has 1 aliphatic rings. The van der Waals surface area contributed by atoms with Crippen molar-refractivity contribution in [1.29, 1.82) is 0 Å². The SMILES string of the molecule is CCC(C)(C)n1cc(-c2ccnc(NC(=O)C3CCCCC3)c2)cn1. The fraction of sp³-hybridized carbons (Fsp3) is 0.550. The van der Waals surface area contributed by atoms with Crippen molar-refractivity contribution in [2.45, 2.75) is 64.8 Å². The maximum atomic E-state index is 12.4. The van der Waals surface area contributed by atoms with Gasteiger partial charge < -0.3 is 5.32 Å². The van der Waals surface area contributed by atoms with Gasteiger partial charge in [0.05, 0.1) is 11.7 Å². The number of rotatable bonds is 5. The number of carbonyl (C=O) groups excluding carboxylic acids is 1. The molecule has 2 aromatic heterocycles. The molecular formula is C20H28N4O. The normalized spacial score (nSPS) is 16.0. The number of pyridine rings is 1. The van der Waals surface area contributed by atoms with Crippen LogP contribution in [0.15, 0.2) is 30.7 Å². The van der Waals surface area contributed by atoms with Crippen molar-refractivity contribution >= 4 is 11.7 Å². The van der Waals surface area contributed by atoms with Crippen molar-refractivity contribution in [1.82, 2.24) is 14.8 Å². The molecule has 134 valence electrons. The molecule has 0 unspecified atom stereocenters. The van der Waals surface area contributed by atoms with E-state index in [9.17, 15) is 4.79 Å². The standard InChI is InChI=1S/C20H28N4O/c1-4-20(2,3)24-14-17(13-22-24)16-10-11-21-18(12-16)23-19(25)15-8-6-5-7-9-15/h10-15H,4-9H2,1-3H3,(H,21,23,25). The fourth-order valence-corrected chi connectivity index (χ4v) is 3.24. The van der Waals surface area contributed by atoms with Crippen LogP contribution in [0.5, 0.6) is 0 Å². The molecule has 5 heteroatoms. The van der Waals surface area contributed by atoms with E-state index < -0.39 is 0 Å². The van der Waals surface area contributed by atoms with Crippen LogP contribution in [0.1, 0.15) is 59.3 Å².